The molecule has 0 aliphatic carbocycles. The summed E-state index contributed by atoms with van der Waals surface area (Å²) in [5, 5.41) is 7.74. The van der Waals surface area contributed by atoms with Crippen molar-refractivity contribution in [3.8, 4) is 11.1 Å². The molecular weight excluding hydrogens is 733 g/mol. The summed E-state index contributed by atoms with van der Waals surface area (Å²) in [4.78, 5) is 48.3. The summed E-state index contributed by atoms with van der Waals surface area (Å²) in [6, 6.07) is 12.4. The van der Waals surface area contributed by atoms with Crippen LogP contribution in [0.5, 0.6) is 0 Å². The summed E-state index contributed by atoms with van der Waals surface area (Å²) < 4.78 is 0. The van der Waals surface area contributed by atoms with E-state index in [2.05, 4.69) is 32.6 Å². The van der Waals surface area contributed by atoms with Crippen molar-refractivity contribution in [1.29, 1.82) is 0 Å². The Hall–Kier alpha value is -4.06. The molecule has 4 aliphatic heterocycles. The first-order valence-electron chi connectivity index (χ1n) is 17.6. The first-order chi connectivity index (χ1) is 25.2. The van der Waals surface area contributed by atoms with E-state index in [-0.39, 0.29) is 11.8 Å². The SMILES string of the molecule is NC(=S)NCCN1CCc2nc(C(=O)N3CCc4c(-c5cccc6c5CCN6C(=O)c5nc6c(s5)CN(CCNC(N)=S)CC6)cccc43)sc2C1. The van der Waals surface area contributed by atoms with Crippen LogP contribution in [0.3, 0.4) is 0 Å². The van der Waals surface area contributed by atoms with E-state index in [1.807, 2.05) is 34.1 Å². The second-order valence-corrected chi connectivity index (χ2v) is 16.5. The van der Waals surface area contributed by atoms with Gasteiger partial charge in [-0.2, -0.15) is 0 Å². The van der Waals surface area contributed by atoms with Crippen molar-refractivity contribution in [1.82, 2.24) is 30.4 Å². The highest BCUT2D eigenvalue weighted by Gasteiger charge is 2.34. The van der Waals surface area contributed by atoms with Gasteiger partial charge in [0.2, 0.25) is 0 Å². The average Bonchev–Trinajstić information content (AvgIpc) is 3.94. The maximum Gasteiger partial charge on any atom is 0.287 e. The number of benzene rings is 2. The van der Waals surface area contributed by atoms with Crippen LogP contribution in [0.15, 0.2) is 36.4 Å². The van der Waals surface area contributed by atoms with Crippen molar-refractivity contribution >= 4 is 80.5 Å². The van der Waals surface area contributed by atoms with Crippen molar-refractivity contribution in [2.24, 2.45) is 11.5 Å². The molecule has 0 saturated carbocycles. The van der Waals surface area contributed by atoms with E-state index in [4.69, 9.17) is 45.9 Å². The summed E-state index contributed by atoms with van der Waals surface area (Å²) in [5.74, 6) is -0.0877. The normalized spacial score (nSPS) is 16.6. The number of anilines is 2. The zero-order valence-electron chi connectivity index (χ0n) is 28.7. The molecule has 0 bridgehead atoms. The first-order valence-corrected chi connectivity index (χ1v) is 20.0. The molecule has 16 heteroatoms. The lowest BCUT2D eigenvalue weighted by molar-refractivity contribution is 0.0981. The van der Waals surface area contributed by atoms with Crippen molar-refractivity contribution in [3.63, 3.8) is 0 Å². The summed E-state index contributed by atoms with van der Waals surface area (Å²) in [6.07, 6.45) is 3.15. The van der Waals surface area contributed by atoms with Crippen LogP contribution in [0.1, 0.15) is 51.9 Å². The number of nitrogens with one attached hydrogen (secondary N) is 2. The number of hydrogen-bond acceptors (Lipinski definition) is 10. The lowest BCUT2D eigenvalue weighted by Crippen LogP contribution is -2.39. The van der Waals surface area contributed by atoms with Crippen LogP contribution in [0.4, 0.5) is 11.4 Å². The Bertz CT molecular complexity index is 1930. The maximum atomic E-state index is 14.0. The third kappa shape index (κ3) is 6.90. The lowest BCUT2D eigenvalue weighted by Gasteiger charge is -2.25. The van der Waals surface area contributed by atoms with Crippen molar-refractivity contribution in [2.45, 2.75) is 38.8 Å². The fraction of sp³-hybridized carbons (Fsp3) is 0.389. The molecule has 6 N–H and O–H groups in total. The van der Waals surface area contributed by atoms with Gasteiger partial charge in [0.1, 0.15) is 0 Å². The van der Waals surface area contributed by atoms with E-state index >= 15 is 0 Å². The summed E-state index contributed by atoms with van der Waals surface area (Å²) >= 11 is 12.9. The molecule has 0 radical (unpaired) electrons. The monoisotopic (exact) mass is 772 g/mol. The molecule has 6 heterocycles. The van der Waals surface area contributed by atoms with Crippen LogP contribution in [-0.2, 0) is 38.8 Å². The zero-order valence-corrected chi connectivity index (χ0v) is 31.9. The zero-order chi connectivity index (χ0) is 35.9. The van der Waals surface area contributed by atoms with Crippen LogP contribution < -0.4 is 31.9 Å². The highest BCUT2D eigenvalue weighted by Crippen LogP contribution is 2.43. The van der Waals surface area contributed by atoms with E-state index < -0.39 is 0 Å². The molecule has 2 aromatic heterocycles. The van der Waals surface area contributed by atoms with Gasteiger partial charge in [-0.1, -0.05) is 24.3 Å². The second kappa shape index (κ2) is 14.8. The Morgan fingerprint density at radius 3 is 1.54 bits per heavy atom. The number of nitrogens with zero attached hydrogens (tertiary/aromatic N) is 6. The molecule has 270 valence electrons. The molecule has 0 atom stereocenters. The molecule has 0 saturated heterocycles. The largest absolute Gasteiger partial charge is 0.376 e. The number of carbonyl (C=O) groups is 2. The van der Waals surface area contributed by atoms with Gasteiger partial charge in [0, 0.05) is 99.4 Å². The maximum absolute atomic E-state index is 14.0. The Labute approximate surface area is 321 Å². The molecular formula is C36H40N10O2S4. The number of aromatic nitrogens is 2. The van der Waals surface area contributed by atoms with Crippen LogP contribution in [-0.4, -0.2) is 94.2 Å². The minimum absolute atomic E-state index is 0.0438. The van der Waals surface area contributed by atoms with Crippen LogP contribution in [0, 0.1) is 0 Å². The van der Waals surface area contributed by atoms with Crippen molar-refractivity contribution in [3.05, 3.63) is 78.7 Å². The quantitative estimate of drug-likeness (QED) is 0.186. The average molecular weight is 773 g/mol. The number of nitrogens with two attached hydrogens (primary N) is 2. The highest BCUT2D eigenvalue weighted by molar-refractivity contribution is 7.80. The molecule has 0 unspecified atom stereocenters. The molecule has 0 fully saturated rings. The smallest absolute Gasteiger partial charge is 0.287 e. The number of thiocarbonyl (C=S) groups is 2. The van der Waals surface area contributed by atoms with Gasteiger partial charge in [0.25, 0.3) is 11.8 Å². The third-order valence-electron chi connectivity index (χ3n) is 10.3. The second-order valence-electron chi connectivity index (χ2n) is 13.4. The summed E-state index contributed by atoms with van der Waals surface area (Å²) in [6.45, 7) is 7.56. The summed E-state index contributed by atoms with van der Waals surface area (Å²) in [5.41, 5.74) is 19.6. The van der Waals surface area contributed by atoms with Crippen LogP contribution in [0.2, 0.25) is 0 Å². The van der Waals surface area contributed by atoms with Crippen molar-refractivity contribution < 1.29 is 9.59 Å². The Kier molecular flexibility index (Phi) is 9.93. The minimum Gasteiger partial charge on any atom is -0.376 e. The van der Waals surface area contributed by atoms with Gasteiger partial charge in [-0.25, -0.2) is 9.97 Å². The molecule has 12 nitrogen and oxygen atoms in total. The topological polar surface area (TPSA) is 149 Å². The van der Waals surface area contributed by atoms with Gasteiger partial charge in [-0.15, -0.1) is 22.7 Å². The van der Waals surface area contributed by atoms with Gasteiger partial charge in [0.15, 0.2) is 20.2 Å². The van der Waals surface area contributed by atoms with Gasteiger partial charge in [-0.05, 0) is 71.7 Å². The molecule has 2 amide bonds. The number of thiazole rings is 2. The van der Waals surface area contributed by atoms with E-state index in [0.717, 1.165) is 120 Å². The first kappa shape index (κ1) is 35.0. The Morgan fingerprint density at radius 2 is 1.12 bits per heavy atom. The van der Waals surface area contributed by atoms with E-state index in [1.54, 1.807) is 0 Å². The van der Waals surface area contributed by atoms with Gasteiger partial charge >= 0.3 is 0 Å². The molecule has 0 spiro atoms. The lowest BCUT2D eigenvalue weighted by atomic mass is 9.93. The van der Waals surface area contributed by atoms with Crippen molar-refractivity contribution in [2.75, 3.05) is 62.2 Å². The molecule has 4 aromatic rings. The molecule has 52 heavy (non-hydrogen) atoms. The van der Waals surface area contributed by atoms with Crippen LogP contribution in [0.25, 0.3) is 11.1 Å². The number of hydrogen-bond donors (Lipinski definition) is 4. The number of rotatable bonds is 9. The van der Waals surface area contributed by atoms with Gasteiger partial charge in [-0.3, -0.25) is 19.4 Å². The van der Waals surface area contributed by atoms with Gasteiger partial charge in [0.05, 0.1) is 11.4 Å². The molecule has 4 aliphatic rings. The molecule has 2 aromatic carbocycles. The summed E-state index contributed by atoms with van der Waals surface area (Å²) in [7, 11) is 0. The number of amides is 2. The van der Waals surface area contributed by atoms with Gasteiger partial charge < -0.3 is 31.9 Å². The number of carbonyl (C=O) groups excluding carboxylic acids is 2. The number of fused-ring (bicyclic) bond motifs is 4. The highest BCUT2D eigenvalue weighted by atomic mass is 32.1. The van der Waals surface area contributed by atoms with E-state index in [9.17, 15) is 9.59 Å². The predicted molar refractivity (Wildman–Crippen MR) is 214 cm³/mol. The van der Waals surface area contributed by atoms with E-state index in [1.165, 1.54) is 22.7 Å². The standard InChI is InChI=1S/C36H40N10O2S4/c37-35(49)39-11-17-43-13-9-25-29(19-43)51-31(41-25)33(47)45-15-7-23-21(3-1-5-27(23)45)22-4-2-6-28-24(22)8-16-46(28)34(48)32-42-26-10-14-44(20-30(26)52-32)18-12-40-36(38)50/h1-6H,7-20H2,(H3,37,39,49)(H3,38,40,50). The van der Waals surface area contributed by atoms with Crippen LogP contribution >= 0.6 is 47.1 Å². The van der Waals surface area contributed by atoms with E-state index in [0.29, 0.717) is 46.4 Å². The fourth-order valence-electron chi connectivity index (χ4n) is 7.76. The Morgan fingerprint density at radius 1 is 0.673 bits per heavy atom. The minimum atomic E-state index is -0.0438. The fourth-order valence-corrected chi connectivity index (χ4v) is 10.2. The Balaban J connectivity index is 0.979. The predicted octanol–water partition coefficient (Wildman–Crippen LogP) is 3.06. The third-order valence-corrected chi connectivity index (χ3v) is 12.7. The molecule has 8 rings (SSSR count).